The van der Waals surface area contributed by atoms with Crippen molar-refractivity contribution in [1.82, 2.24) is 18.9 Å². The van der Waals surface area contributed by atoms with Crippen LogP contribution in [0.2, 0.25) is 0 Å². The molecule has 0 aliphatic carbocycles. The topological polar surface area (TPSA) is 70.7 Å². The number of nitrogens with zero attached hydrogens (tertiary/aromatic N) is 4. The smallest absolute Gasteiger partial charge is 0.311 e. The maximum Gasteiger partial charge on any atom is 0.311 e. The number of carbonyl (C=O) groups is 1. The van der Waals surface area contributed by atoms with E-state index in [-0.39, 0.29) is 5.97 Å². The van der Waals surface area contributed by atoms with Crippen LogP contribution in [-0.2, 0) is 11.2 Å². The number of carbonyl (C=O) groups excluding carboxylic acids is 1. The molecule has 0 aliphatic rings. The van der Waals surface area contributed by atoms with E-state index in [9.17, 15) is 4.79 Å². The number of ether oxygens (including phenoxy) is 2. The molecule has 0 N–H and O–H groups in total. The molecule has 7 heteroatoms. The molecule has 5 aromatic rings. The standard InChI is InChI=1S/C29H32N4O3/c1-4-7-18-35-21-16-14-20(15-17-21)32-19-24(36-26(34)11-6-3)27-28(32)31-25(10-5-2)33-23-13-9-8-12-22(23)30-29(27)33/h8-9,12-17,19H,4-7,10-11,18H2,1-3H3. The van der Waals surface area contributed by atoms with Gasteiger partial charge < -0.3 is 9.47 Å². The van der Waals surface area contributed by atoms with Crippen molar-refractivity contribution in [1.29, 1.82) is 0 Å². The van der Waals surface area contributed by atoms with E-state index in [1.54, 1.807) is 0 Å². The fourth-order valence-corrected chi connectivity index (χ4v) is 4.50. The molecule has 0 spiro atoms. The van der Waals surface area contributed by atoms with Crippen molar-refractivity contribution in [3.8, 4) is 17.2 Å². The van der Waals surface area contributed by atoms with Crippen LogP contribution >= 0.6 is 0 Å². The predicted octanol–water partition coefficient (Wildman–Crippen LogP) is 6.66. The van der Waals surface area contributed by atoms with E-state index >= 15 is 0 Å². The van der Waals surface area contributed by atoms with Gasteiger partial charge in [0.05, 0.1) is 23.8 Å². The SMILES string of the molecule is CCCCOc1ccc(-n2cc(OC(=O)CCC)c3c2nc(CCC)n2c4ccccc4nc32)cc1. The number of imidazole rings is 1. The van der Waals surface area contributed by atoms with Gasteiger partial charge in [-0.2, -0.15) is 0 Å². The monoisotopic (exact) mass is 484 g/mol. The van der Waals surface area contributed by atoms with Gasteiger partial charge in [0.15, 0.2) is 17.0 Å². The van der Waals surface area contributed by atoms with Gasteiger partial charge in [-0.1, -0.05) is 39.3 Å². The van der Waals surface area contributed by atoms with Crippen LogP contribution in [0.4, 0.5) is 0 Å². The van der Waals surface area contributed by atoms with Gasteiger partial charge in [-0.3, -0.25) is 13.8 Å². The van der Waals surface area contributed by atoms with E-state index in [1.807, 2.05) is 60.2 Å². The summed E-state index contributed by atoms with van der Waals surface area (Å²) in [4.78, 5) is 22.6. The molecule has 3 aromatic heterocycles. The summed E-state index contributed by atoms with van der Waals surface area (Å²) >= 11 is 0. The highest BCUT2D eigenvalue weighted by Gasteiger charge is 2.22. The number of unbranched alkanes of at least 4 members (excludes halogenated alkanes) is 1. The van der Waals surface area contributed by atoms with Gasteiger partial charge >= 0.3 is 5.97 Å². The Kier molecular flexibility index (Phi) is 6.89. The number of fused-ring (bicyclic) bond motifs is 5. The molecule has 2 aromatic carbocycles. The van der Waals surface area contributed by atoms with Gasteiger partial charge in [0, 0.05) is 18.5 Å². The number of esters is 1. The third-order valence-corrected chi connectivity index (χ3v) is 6.26. The normalized spacial score (nSPS) is 11.5. The van der Waals surface area contributed by atoms with E-state index in [1.165, 1.54) is 0 Å². The molecule has 36 heavy (non-hydrogen) atoms. The van der Waals surface area contributed by atoms with Crippen LogP contribution in [0.1, 0.15) is 58.7 Å². The van der Waals surface area contributed by atoms with Crippen molar-refractivity contribution in [2.45, 2.75) is 59.3 Å². The molecule has 0 fully saturated rings. The highest BCUT2D eigenvalue weighted by atomic mass is 16.5. The Bertz CT molecular complexity index is 1520. The average molecular weight is 485 g/mol. The van der Waals surface area contributed by atoms with Crippen LogP contribution in [0.15, 0.2) is 54.7 Å². The molecule has 0 unspecified atom stereocenters. The minimum absolute atomic E-state index is 0.261. The Labute approximate surface area is 210 Å². The Morgan fingerprint density at radius 3 is 2.47 bits per heavy atom. The van der Waals surface area contributed by atoms with Gasteiger partial charge in [-0.15, -0.1) is 0 Å². The highest BCUT2D eigenvalue weighted by Crippen LogP contribution is 2.35. The lowest BCUT2D eigenvalue weighted by molar-refractivity contribution is -0.134. The second kappa shape index (κ2) is 10.4. The summed E-state index contributed by atoms with van der Waals surface area (Å²) in [5, 5.41) is 0.735. The van der Waals surface area contributed by atoms with Gasteiger partial charge in [-0.25, -0.2) is 9.97 Å². The molecule has 186 valence electrons. The van der Waals surface area contributed by atoms with Gasteiger partial charge in [-0.05, 0) is 55.7 Å². The van der Waals surface area contributed by atoms with Crippen molar-refractivity contribution in [2.24, 2.45) is 0 Å². The van der Waals surface area contributed by atoms with Crippen molar-refractivity contribution in [3.63, 3.8) is 0 Å². The second-order valence-electron chi connectivity index (χ2n) is 9.02. The van der Waals surface area contributed by atoms with E-state index in [0.29, 0.717) is 18.8 Å². The Morgan fingerprint density at radius 1 is 0.917 bits per heavy atom. The lowest BCUT2D eigenvalue weighted by Crippen LogP contribution is -2.07. The average Bonchev–Trinajstić information content (AvgIpc) is 3.44. The summed E-state index contributed by atoms with van der Waals surface area (Å²) in [5.74, 6) is 1.98. The number of hydrogen-bond donors (Lipinski definition) is 0. The molecule has 0 saturated carbocycles. The van der Waals surface area contributed by atoms with Crippen LogP contribution in [0.25, 0.3) is 33.4 Å². The Balaban J connectivity index is 1.72. The summed E-state index contributed by atoms with van der Waals surface area (Å²) in [6, 6.07) is 16.0. The molecule has 0 amide bonds. The molecular weight excluding hydrogens is 452 g/mol. The minimum atomic E-state index is -0.261. The Hall–Kier alpha value is -3.87. The van der Waals surface area contributed by atoms with Crippen molar-refractivity contribution in [2.75, 3.05) is 6.61 Å². The van der Waals surface area contributed by atoms with Gasteiger partial charge in [0.1, 0.15) is 17.0 Å². The number of para-hydroxylation sites is 2. The fourth-order valence-electron chi connectivity index (χ4n) is 4.50. The van der Waals surface area contributed by atoms with Crippen molar-refractivity contribution in [3.05, 3.63) is 60.6 Å². The summed E-state index contributed by atoms with van der Waals surface area (Å²) in [6.07, 6.45) is 6.79. The van der Waals surface area contributed by atoms with Gasteiger partial charge in [0.2, 0.25) is 0 Å². The Morgan fingerprint density at radius 2 is 1.72 bits per heavy atom. The third kappa shape index (κ3) is 4.41. The molecule has 0 bridgehead atoms. The number of rotatable bonds is 10. The first-order valence-corrected chi connectivity index (χ1v) is 12.9. The predicted molar refractivity (Wildman–Crippen MR) is 142 cm³/mol. The van der Waals surface area contributed by atoms with Crippen LogP contribution in [-0.4, -0.2) is 31.5 Å². The largest absolute Gasteiger partial charge is 0.494 e. The van der Waals surface area contributed by atoms with Crippen LogP contribution < -0.4 is 9.47 Å². The number of aryl methyl sites for hydroxylation is 1. The summed E-state index contributed by atoms with van der Waals surface area (Å²) < 4.78 is 15.8. The van der Waals surface area contributed by atoms with E-state index < -0.39 is 0 Å². The zero-order chi connectivity index (χ0) is 25.1. The maximum atomic E-state index is 12.6. The first kappa shape index (κ1) is 23.9. The highest BCUT2D eigenvalue weighted by molar-refractivity contribution is 6.01. The van der Waals surface area contributed by atoms with E-state index in [2.05, 4.69) is 24.3 Å². The van der Waals surface area contributed by atoms with Gasteiger partial charge in [0.25, 0.3) is 0 Å². The van der Waals surface area contributed by atoms with E-state index in [0.717, 1.165) is 77.1 Å². The van der Waals surface area contributed by atoms with Crippen molar-refractivity contribution >= 4 is 33.7 Å². The first-order valence-electron chi connectivity index (χ1n) is 12.9. The molecule has 7 nitrogen and oxygen atoms in total. The lowest BCUT2D eigenvalue weighted by atomic mass is 10.2. The molecule has 0 radical (unpaired) electrons. The molecule has 0 aliphatic heterocycles. The number of aromatic nitrogens is 4. The quantitative estimate of drug-likeness (QED) is 0.164. The molecule has 3 heterocycles. The first-order chi connectivity index (χ1) is 17.6. The van der Waals surface area contributed by atoms with Crippen molar-refractivity contribution < 1.29 is 14.3 Å². The maximum absolute atomic E-state index is 12.6. The number of hydrogen-bond acceptors (Lipinski definition) is 5. The fraction of sp³-hybridized carbons (Fsp3) is 0.345. The van der Waals surface area contributed by atoms with Crippen LogP contribution in [0.5, 0.6) is 11.5 Å². The molecular formula is C29H32N4O3. The van der Waals surface area contributed by atoms with Crippen LogP contribution in [0.3, 0.4) is 0 Å². The summed E-state index contributed by atoms with van der Waals surface area (Å²) in [5.41, 5.74) is 4.27. The molecule has 0 atom stereocenters. The summed E-state index contributed by atoms with van der Waals surface area (Å²) in [6.45, 7) is 6.96. The molecule has 0 saturated heterocycles. The minimum Gasteiger partial charge on any atom is -0.494 e. The third-order valence-electron chi connectivity index (χ3n) is 6.26. The van der Waals surface area contributed by atoms with E-state index in [4.69, 9.17) is 19.4 Å². The lowest BCUT2D eigenvalue weighted by Gasteiger charge is -2.10. The summed E-state index contributed by atoms with van der Waals surface area (Å²) in [7, 11) is 0. The zero-order valence-corrected chi connectivity index (χ0v) is 21.2. The number of benzene rings is 2. The van der Waals surface area contributed by atoms with Crippen LogP contribution in [0, 0.1) is 0 Å². The molecule has 5 rings (SSSR count). The second-order valence-corrected chi connectivity index (χ2v) is 9.02. The zero-order valence-electron chi connectivity index (χ0n) is 21.2.